The summed E-state index contributed by atoms with van der Waals surface area (Å²) in [4.78, 5) is 4.79. The minimum absolute atomic E-state index is 1.09. The van der Waals surface area contributed by atoms with Gasteiger partial charge in [-0.3, -0.25) is 0 Å². The van der Waals surface area contributed by atoms with Crippen LogP contribution in [0, 0.1) is 20.8 Å². The summed E-state index contributed by atoms with van der Waals surface area (Å²) in [6.07, 6.45) is 6.02. The van der Waals surface area contributed by atoms with Crippen molar-refractivity contribution in [3.05, 3.63) is 204 Å². The third-order valence-electron chi connectivity index (χ3n) is 8.69. The summed E-state index contributed by atoms with van der Waals surface area (Å²) in [5, 5.41) is 0. The number of benzene rings is 6. The highest BCUT2D eigenvalue weighted by Crippen LogP contribution is 2.46. The zero-order chi connectivity index (χ0) is 33.5. The molecule has 0 saturated carbocycles. The normalized spacial score (nSPS) is 11.7. The molecule has 0 radical (unpaired) electrons. The van der Waals surface area contributed by atoms with Crippen LogP contribution in [0.15, 0.2) is 182 Å². The van der Waals surface area contributed by atoms with Gasteiger partial charge in [0.05, 0.1) is 11.4 Å². The van der Waals surface area contributed by atoms with Crippen molar-refractivity contribution in [2.45, 2.75) is 27.7 Å². The standard InChI is InChI=1S/C46H42N2/c1-6-7-18-37(5)46(48(39-22-13-9-14-23-39)40-24-15-10-16-25-40)45-36(4)19-17-26-44(45)47(41-30-27-34(2)28-31-41)42-32-29-35(3)43(33-42)38-20-11-8-12-21-38/h6-33H,1H2,2-5H3/b18-7-,46-37-. The van der Waals surface area contributed by atoms with Crippen LogP contribution >= 0.6 is 0 Å². The van der Waals surface area contributed by atoms with Crippen LogP contribution in [-0.4, -0.2) is 0 Å². The molecule has 0 heterocycles. The van der Waals surface area contributed by atoms with E-state index in [9.17, 15) is 0 Å². The fourth-order valence-electron chi connectivity index (χ4n) is 6.28. The Labute approximate surface area is 286 Å². The molecular formula is C46H42N2. The second-order valence-electron chi connectivity index (χ2n) is 12.1. The molecule has 2 nitrogen and oxygen atoms in total. The summed E-state index contributed by atoms with van der Waals surface area (Å²) in [5.41, 5.74) is 14.9. The first-order chi connectivity index (χ1) is 23.5. The maximum atomic E-state index is 3.98. The van der Waals surface area contributed by atoms with Gasteiger partial charge < -0.3 is 9.80 Å². The summed E-state index contributed by atoms with van der Waals surface area (Å²) >= 11 is 0. The number of aryl methyl sites for hydroxylation is 3. The molecule has 0 N–H and O–H groups in total. The zero-order valence-electron chi connectivity index (χ0n) is 28.3. The van der Waals surface area contributed by atoms with Gasteiger partial charge in [-0.1, -0.05) is 127 Å². The molecule has 0 bridgehead atoms. The Morgan fingerprint density at radius 3 is 1.75 bits per heavy atom. The van der Waals surface area contributed by atoms with Crippen LogP contribution in [0.4, 0.5) is 28.4 Å². The molecule has 236 valence electrons. The van der Waals surface area contributed by atoms with Crippen molar-refractivity contribution < 1.29 is 0 Å². The quantitative estimate of drug-likeness (QED) is 0.140. The van der Waals surface area contributed by atoms with Crippen molar-refractivity contribution in [1.29, 1.82) is 0 Å². The molecule has 6 aromatic rings. The second-order valence-corrected chi connectivity index (χ2v) is 12.1. The SMILES string of the molecule is C=C/C=C\C(C)=C(\c1c(C)cccc1N(c1ccc(C)cc1)c1ccc(C)c(-c2ccccc2)c1)N(c1ccccc1)c1ccccc1. The van der Waals surface area contributed by atoms with Crippen LogP contribution in [0.5, 0.6) is 0 Å². The minimum Gasteiger partial charge on any atom is -0.310 e. The molecule has 0 saturated heterocycles. The van der Waals surface area contributed by atoms with Crippen LogP contribution in [0.25, 0.3) is 16.8 Å². The fourth-order valence-corrected chi connectivity index (χ4v) is 6.28. The first-order valence-corrected chi connectivity index (χ1v) is 16.5. The largest absolute Gasteiger partial charge is 0.310 e. The zero-order valence-corrected chi connectivity index (χ0v) is 28.3. The van der Waals surface area contributed by atoms with Gasteiger partial charge >= 0.3 is 0 Å². The molecule has 0 spiro atoms. The third kappa shape index (κ3) is 6.79. The van der Waals surface area contributed by atoms with Crippen LogP contribution in [0.3, 0.4) is 0 Å². The Morgan fingerprint density at radius 1 is 0.562 bits per heavy atom. The van der Waals surface area contributed by atoms with Gasteiger partial charge in [0, 0.05) is 28.3 Å². The molecule has 0 aliphatic rings. The predicted octanol–water partition coefficient (Wildman–Crippen LogP) is 13.1. The van der Waals surface area contributed by atoms with E-state index in [0.717, 1.165) is 45.3 Å². The van der Waals surface area contributed by atoms with Gasteiger partial charge in [-0.25, -0.2) is 0 Å². The number of hydrogen-bond donors (Lipinski definition) is 0. The highest BCUT2D eigenvalue weighted by molar-refractivity contribution is 5.97. The molecule has 6 aromatic carbocycles. The number of rotatable bonds is 10. The first-order valence-electron chi connectivity index (χ1n) is 16.5. The maximum Gasteiger partial charge on any atom is 0.0586 e. The summed E-state index contributed by atoms with van der Waals surface area (Å²) in [5.74, 6) is 0. The lowest BCUT2D eigenvalue weighted by atomic mass is 9.95. The van der Waals surface area contributed by atoms with Crippen LogP contribution in [-0.2, 0) is 0 Å². The molecule has 48 heavy (non-hydrogen) atoms. The van der Waals surface area contributed by atoms with E-state index in [1.165, 1.54) is 27.8 Å². The van der Waals surface area contributed by atoms with E-state index >= 15 is 0 Å². The smallest absolute Gasteiger partial charge is 0.0586 e. The summed E-state index contributed by atoms with van der Waals surface area (Å²) in [6, 6.07) is 54.2. The average molecular weight is 623 g/mol. The number of para-hydroxylation sites is 2. The molecule has 0 aliphatic carbocycles. The van der Waals surface area contributed by atoms with Gasteiger partial charge in [-0.15, -0.1) is 0 Å². The van der Waals surface area contributed by atoms with Gasteiger partial charge in [0.2, 0.25) is 0 Å². The number of anilines is 5. The van der Waals surface area contributed by atoms with E-state index < -0.39 is 0 Å². The topological polar surface area (TPSA) is 6.48 Å². The Bertz CT molecular complexity index is 2020. The number of allylic oxidation sites excluding steroid dienone is 4. The van der Waals surface area contributed by atoms with E-state index in [1.807, 2.05) is 12.2 Å². The molecule has 6 rings (SSSR count). The highest BCUT2D eigenvalue weighted by atomic mass is 15.2. The van der Waals surface area contributed by atoms with Crippen LogP contribution in [0.1, 0.15) is 29.2 Å². The summed E-state index contributed by atoms with van der Waals surface area (Å²) < 4.78 is 0. The predicted molar refractivity (Wildman–Crippen MR) is 208 cm³/mol. The van der Waals surface area contributed by atoms with E-state index in [0.29, 0.717) is 0 Å². The van der Waals surface area contributed by atoms with Crippen molar-refractivity contribution in [3.8, 4) is 11.1 Å². The second kappa shape index (κ2) is 14.7. The van der Waals surface area contributed by atoms with Crippen LogP contribution < -0.4 is 9.80 Å². The average Bonchev–Trinajstić information content (AvgIpc) is 3.12. The Morgan fingerprint density at radius 2 is 1.15 bits per heavy atom. The molecule has 0 amide bonds. The van der Waals surface area contributed by atoms with Gasteiger partial charge in [-0.05, 0) is 110 Å². The molecule has 2 heteroatoms. The van der Waals surface area contributed by atoms with Gasteiger partial charge in [0.25, 0.3) is 0 Å². The van der Waals surface area contributed by atoms with Crippen molar-refractivity contribution in [2.24, 2.45) is 0 Å². The minimum atomic E-state index is 1.09. The number of hydrogen-bond acceptors (Lipinski definition) is 2. The third-order valence-corrected chi connectivity index (χ3v) is 8.69. The van der Waals surface area contributed by atoms with Crippen molar-refractivity contribution in [2.75, 3.05) is 9.80 Å². The maximum absolute atomic E-state index is 3.98. The molecule has 0 atom stereocenters. The highest BCUT2D eigenvalue weighted by Gasteiger charge is 2.26. The van der Waals surface area contributed by atoms with Crippen molar-refractivity contribution >= 4 is 34.1 Å². The van der Waals surface area contributed by atoms with E-state index in [-0.39, 0.29) is 0 Å². The number of nitrogens with zero attached hydrogens (tertiary/aromatic N) is 2. The molecular weight excluding hydrogens is 581 g/mol. The fraction of sp³-hybridized carbons (Fsp3) is 0.0870. The molecule has 0 aliphatic heterocycles. The van der Waals surface area contributed by atoms with Gasteiger partial charge in [0.1, 0.15) is 0 Å². The Kier molecular flexibility index (Phi) is 9.83. The van der Waals surface area contributed by atoms with E-state index in [1.54, 1.807) is 0 Å². The summed E-state index contributed by atoms with van der Waals surface area (Å²) in [7, 11) is 0. The Balaban J connectivity index is 1.68. The van der Waals surface area contributed by atoms with E-state index in [2.05, 4.69) is 202 Å². The molecule has 0 fully saturated rings. The Hall–Kier alpha value is -5.86. The lowest BCUT2D eigenvalue weighted by molar-refractivity contribution is 1.20. The summed E-state index contributed by atoms with van der Waals surface area (Å²) in [6.45, 7) is 12.7. The molecule has 0 unspecified atom stereocenters. The van der Waals surface area contributed by atoms with Crippen molar-refractivity contribution in [1.82, 2.24) is 0 Å². The lowest BCUT2D eigenvalue weighted by Crippen LogP contribution is -2.21. The van der Waals surface area contributed by atoms with Crippen LogP contribution in [0.2, 0.25) is 0 Å². The van der Waals surface area contributed by atoms with Gasteiger partial charge in [0.15, 0.2) is 0 Å². The lowest BCUT2D eigenvalue weighted by Gasteiger charge is -2.35. The van der Waals surface area contributed by atoms with Gasteiger partial charge in [-0.2, -0.15) is 0 Å². The van der Waals surface area contributed by atoms with Crippen molar-refractivity contribution in [3.63, 3.8) is 0 Å². The first kappa shape index (κ1) is 32.1. The monoisotopic (exact) mass is 622 g/mol. The molecule has 0 aromatic heterocycles. The van der Waals surface area contributed by atoms with E-state index in [4.69, 9.17) is 0 Å².